The molecule has 146 valence electrons. The number of hydrogen-bond donors (Lipinski definition) is 1. The van der Waals surface area contributed by atoms with Crippen LogP contribution in [-0.4, -0.2) is 20.5 Å². The van der Waals surface area contributed by atoms with E-state index in [2.05, 4.69) is 0 Å². The van der Waals surface area contributed by atoms with Crippen LogP contribution in [0.3, 0.4) is 0 Å². The van der Waals surface area contributed by atoms with Gasteiger partial charge in [0.25, 0.3) is 0 Å². The third kappa shape index (κ3) is 4.20. The molecular formula is C18H11ClF3NO4S. The summed E-state index contributed by atoms with van der Waals surface area (Å²) in [6.07, 6.45) is -5.17. The molecule has 3 aromatic carbocycles. The molecule has 0 unspecified atom stereocenters. The lowest BCUT2D eigenvalue weighted by Crippen LogP contribution is -2.30. The molecule has 0 radical (unpaired) electrons. The van der Waals surface area contributed by atoms with E-state index in [9.17, 15) is 26.4 Å². The smallest absolute Gasteiger partial charge is 0.377 e. The average molecular weight is 430 g/mol. The molecule has 0 saturated carbocycles. The lowest BCUT2D eigenvalue weighted by atomic mass is 10.1. The number of halogens is 4. The molecule has 1 N–H and O–H groups in total. The molecule has 0 fully saturated rings. The Hall–Kier alpha value is -2.78. The Labute approximate surface area is 162 Å². The van der Waals surface area contributed by atoms with Crippen molar-refractivity contribution in [3.63, 3.8) is 0 Å². The second-order valence-corrected chi connectivity index (χ2v) is 7.56. The largest absolute Gasteiger partial charge is 0.471 e. The fourth-order valence-corrected chi connectivity index (χ4v) is 3.79. The van der Waals surface area contributed by atoms with Gasteiger partial charge in [0.15, 0.2) is 5.75 Å². The molecule has 0 aromatic heterocycles. The number of rotatable bonds is 4. The molecule has 0 spiro atoms. The fourth-order valence-electron chi connectivity index (χ4n) is 2.44. The van der Waals surface area contributed by atoms with Crippen LogP contribution in [0, 0.1) is 0 Å². The minimum atomic E-state index is -5.17. The van der Waals surface area contributed by atoms with Crippen LogP contribution in [-0.2, 0) is 14.9 Å². The number of carbonyl (C=O) groups is 1. The van der Waals surface area contributed by atoms with Crippen LogP contribution >= 0.6 is 11.6 Å². The molecular weight excluding hydrogens is 419 g/mol. The van der Waals surface area contributed by atoms with Crippen LogP contribution in [0.1, 0.15) is 0 Å². The average Bonchev–Trinajstić information content (AvgIpc) is 2.62. The van der Waals surface area contributed by atoms with Crippen LogP contribution < -0.4 is 9.50 Å². The highest BCUT2D eigenvalue weighted by atomic mass is 35.5. The molecule has 0 saturated heterocycles. The van der Waals surface area contributed by atoms with Crippen molar-refractivity contribution in [2.75, 3.05) is 5.32 Å². The van der Waals surface area contributed by atoms with Crippen LogP contribution in [0.4, 0.5) is 18.9 Å². The van der Waals surface area contributed by atoms with Crippen LogP contribution in [0.15, 0.2) is 65.6 Å². The maximum atomic E-state index is 12.7. The van der Waals surface area contributed by atoms with E-state index in [1.54, 1.807) is 35.6 Å². The van der Waals surface area contributed by atoms with Crippen molar-refractivity contribution in [3.05, 3.63) is 65.7 Å². The lowest BCUT2D eigenvalue weighted by Gasteiger charge is -2.14. The normalized spacial score (nSPS) is 12.0. The number of nitrogens with one attached hydrogen (secondary N) is 1. The third-order valence-electron chi connectivity index (χ3n) is 3.67. The van der Waals surface area contributed by atoms with Gasteiger partial charge in [-0.3, -0.25) is 4.79 Å². The number of hydrogen-bond acceptors (Lipinski definition) is 4. The number of carbonyl (C=O) groups excluding carboxylic acids is 1. The molecule has 0 aliphatic rings. The summed E-state index contributed by atoms with van der Waals surface area (Å²) in [5.74, 6) is -2.79. The number of alkyl halides is 3. The Morgan fingerprint density at radius 1 is 1.00 bits per heavy atom. The van der Waals surface area contributed by atoms with E-state index in [4.69, 9.17) is 15.8 Å². The maximum Gasteiger partial charge on any atom is 0.471 e. The topological polar surface area (TPSA) is 72.5 Å². The molecule has 3 rings (SSSR count). The molecule has 10 heteroatoms. The van der Waals surface area contributed by atoms with Crippen molar-refractivity contribution in [1.82, 2.24) is 0 Å². The van der Waals surface area contributed by atoms with Gasteiger partial charge in [-0.25, -0.2) is 0 Å². The minimum absolute atomic E-state index is 0.0209. The third-order valence-corrected chi connectivity index (χ3v) is 5.19. The van der Waals surface area contributed by atoms with Crippen molar-refractivity contribution in [1.29, 1.82) is 0 Å². The van der Waals surface area contributed by atoms with Crippen LogP contribution in [0.5, 0.6) is 5.75 Å². The van der Waals surface area contributed by atoms with E-state index < -0.39 is 33.6 Å². The van der Waals surface area contributed by atoms with Gasteiger partial charge in [0.1, 0.15) is 4.90 Å². The number of anilines is 1. The molecule has 3 aromatic rings. The Morgan fingerprint density at radius 2 is 1.68 bits per heavy atom. The van der Waals surface area contributed by atoms with E-state index in [1.165, 1.54) is 18.2 Å². The second-order valence-electron chi connectivity index (χ2n) is 5.61. The quantitative estimate of drug-likeness (QED) is 0.607. The minimum Gasteiger partial charge on any atom is -0.377 e. The van der Waals surface area contributed by atoms with Crippen molar-refractivity contribution < 1.29 is 30.6 Å². The van der Waals surface area contributed by atoms with E-state index in [0.29, 0.717) is 10.8 Å². The van der Waals surface area contributed by atoms with Crippen LogP contribution in [0.2, 0.25) is 5.02 Å². The van der Waals surface area contributed by atoms with Crippen LogP contribution in [0.25, 0.3) is 10.8 Å². The summed E-state index contributed by atoms with van der Waals surface area (Å²) in [7, 11) is -4.42. The monoisotopic (exact) mass is 429 g/mol. The van der Waals surface area contributed by atoms with Gasteiger partial charge in [-0.05, 0) is 29.7 Å². The van der Waals surface area contributed by atoms with Crippen molar-refractivity contribution in [2.45, 2.75) is 11.1 Å². The van der Waals surface area contributed by atoms with E-state index in [1.807, 2.05) is 0 Å². The molecule has 0 aliphatic carbocycles. The van der Waals surface area contributed by atoms with Crippen molar-refractivity contribution >= 4 is 44.1 Å². The van der Waals surface area contributed by atoms with Crippen molar-refractivity contribution in [3.8, 4) is 5.75 Å². The van der Waals surface area contributed by atoms with Crippen molar-refractivity contribution in [2.24, 2.45) is 0 Å². The van der Waals surface area contributed by atoms with Gasteiger partial charge in [0, 0.05) is 10.4 Å². The summed E-state index contributed by atoms with van der Waals surface area (Å²) in [5, 5.41) is 2.55. The molecule has 28 heavy (non-hydrogen) atoms. The number of benzene rings is 3. The van der Waals surface area contributed by atoms with E-state index in [-0.39, 0.29) is 9.92 Å². The van der Waals surface area contributed by atoms with Gasteiger partial charge >= 0.3 is 22.2 Å². The molecule has 0 heterocycles. The van der Waals surface area contributed by atoms with E-state index in [0.717, 1.165) is 12.1 Å². The lowest BCUT2D eigenvalue weighted by molar-refractivity contribution is -0.167. The highest BCUT2D eigenvalue weighted by Gasteiger charge is 2.39. The SMILES string of the molecule is O=C(Nc1cc(Cl)ccc1OS(=O)(=O)c1cccc2ccccc12)C(F)(F)F. The summed E-state index contributed by atoms with van der Waals surface area (Å²) >= 11 is 5.74. The Morgan fingerprint density at radius 3 is 2.39 bits per heavy atom. The maximum absolute atomic E-state index is 12.7. The first-order valence-electron chi connectivity index (χ1n) is 7.68. The number of fused-ring (bicyclic) bond motifs is 1. The Balaban J connectivity index is 2.02. The fraction of sp³-hybridized carbons (Fsp3) is 0.0556. The zero-order valence-electron chi connectivity index (χ0n) is 13.8. The van der Waals surface area contributed by atoms with E-state index >= 15 is 0 Å². The summed E-state index contributed by atoms with van der Waals surface area (Å²) in [5.41, 5.74) is -0.529. The first-order valence-corrected chi connectivity index (χ1v) is 9.46. The first-order chi connectivity index (χ1) is 13.1. The molecule has 0 atom stereocenters. The van der Waals surface area contributed by atoms with Gasteiger partial charge in [-0.15, -0.1) is 0 Å². The zero-order valence-corrected chi connectivity index (χ0v) is 15.4. The van der Waals surface area contributed by atoms with Gasteiger partial charge in [-0.1, -0.05) is 48.0 Å². The predicted molar refractivity (Wildman–Crippen MR) is 97.9 cm³/mol. The summed E-state index contributed by atoms with van der Waals surface area (Å²) in [6.45, 7) is 0. The predicted octanol–water partition coefficient (Wildman–Crippen LogP) is 4.76. The summed E-state index contributed by atoms with van der Waals surface area (Å²) in [6, 6.07) is 14.4. The molecule has 5 nitrogen and oxygen atoms in total. The Kier molecular flexibility index (Phi) is 5.22. The molecule has 0 bridgehead atoms. The second kappa shape index (κ2) is 7.33. The van der Waals surface area contributed by atoms with Gasteiger partial charge in [-0.2, -0.15) is 21.6 Å². The summed E-state index contributed by atoms with van der Waals surface area (Å²) < 4.78 is 68.1. The first kappa shape index (κ1) is 20.0. The van der Waals surface area contributed by atoms with Gasteiger partial charge < -0.3 is 9.50 Å². The Bertz CT molecular complexity index is 1160. The highest BCUT2D eigenvalue weighted by Crippen LogP contribution is 2.33. The zero-order chi connectivity index (χ0) is 20.5. The number of amides is 1. The molecule has 0 aliphatic heterocycles. The summed E-state index contributed by atoms with van der Waals surface area (Å²) in [4.78, 5) is 11.1. The highest BCUT2D eigenvalue weighted by molar-refractivity contribution is 7.87. The van der Waals surface area contributed by atoms with Gasteiger partial charge in [0.05, 0.1) is 5.69 Å². The molecule has 1 amide bonds. The van der Waals surface area contributed by atoms with Gasteiger partial charge in [0.2, 0.25) is 0 Å². The standard InChI is InChI=1S/C18H11ClF3NO4S/c19-12-8-9-15(14(10-12)23-17(24)18(20,21)22)27-28(25,26)16-7-3-5-11-4-1-2-6-13(11)16/h1-10H,(H,23,24).